The SMILES string of the molecule is Cc1ccsc1CCC(=O)CP(=O)(O)O. The highest BCUT2D eigenvalue weighted by Gasteiger charge is 2.18. The summed E-state index contributed by atoms with van der Waals surface area (Å²) in [6.07, 6.45) is 0.131. The lowest BCUT2D eigenvalue weighted by Crippen LogP contribution is -2.06. The number of ketones is 1. The molecule has 0 aromatic carbocycles. The van der Waals surface area contributed by atoms with E-state index < -0.39 is 13.8 Å². The van der Waals surface area contributed by atoms with Crippen molar-refractivity contribution in [3.8, 4) is 0 Å². The second-order valence-electron chi connectivity index (χ2n) is 3.39. The Morgan fingerprint density at radius 1 is 1.53 bits per heavy atom. The van der Waals surface area contributed by atoms with Crippen molar-refractivity contribution in [3.63, 3.8) is 0 Å². The topological polar surface area (TPSA) is 74.6 Å². The van der Waals surface area contributed by atoms with Gasteiger partial charge in [-0.1, -0.05) is 0 Å². The van der Waals surface area contributed by atoms with Crippen LogP contribution in [0.5, 0.6) is 0 Å². The lowest BCUT2D eigenvalue weighted by Gasteiger charge is -2.02. The normalized spacial score (nSPS) is 11.7. The fourth-order valence-electron chi connectivity index (χ4n) is 1.22. The van der Waals surface area contributed by atoms with Gasteiger partial charge in [0.05, 0.1) is 0 Å². The molecule has 2 N–H and O–H groups in total. The van der Waals surface area contributed by atoms with Crippen LogP contribution in [0.15, 0.2) is 11.4 Å². The van der Waals surface area contributed by atoms with E-state index in [9.17, 15) is 9.36 Å². The second-order valence-corrected chi connectivity index (χ2v) is 6.03. The van der Waals surface area contributed by atoms with Crippen molar-refractivity contribution in [1.82, 2.24) is 0 Å². The van der Waals surface area contributed by atoms with Gasteiger partial charge in [0.25, 0.3) is 0 Å². The van der Waals surface area contributed by atoms with E-state index in [0.717, 1.165) is 10.4 Å². The summed E-state index contributed by atoms with van der Waals surface area (Å²) in [5, 5.41) is 1.94. The largest absolute Gasteiger partial charge is 0.332 e. The van der Waals surface area contributed by atoms with Crippen molar-refractivity contribution < 1.29 is 19.1 Å². The van der Waals surface area contributed by atoms with Gasteiger partial charge in [0.15, 0.2) is 0 Å². The van der Waals surface area contributed by atoms with E-state index in [2.05, 4.69) is 0 Å². The van der Waals surface area contributed by atoms with Gasteiger partial charge >= 0.3 is 7.60 Å². The molecular formula is C9H13O4PS. The second kappa shape index (κ2) is 5.03. The van der Waals surface area contributed by atoms with Crippen LogP contribution in [0.1, 0.15) is 16.9 Å². The lowest BCUT2D eigenvalue weighted by molar-refractivity contribution is -0.116. The lowest BCUT2D eigenvalue weighted by atomic mass is 10.1. The quantitative estimate of drug-likeness (QED) is 0.778. The summed E-state index contributed by atoms with van der Waals surface area (Å²) < 4.78 is 10.5. The molecule has 0 fully saturated rings. The molecule has 0 spiro atoms. The van der Waals surface area contributed by atoms with E-state index in [4.69, 9.17) is 9.79 Å². The van der Waals surface area contributed by atoms with Crippen LogP contribution in [-0.4, -0.2) is 21.7 Å². The van der Waals surface area contributed by atoms with Crippen LogP contribution in [0.4, 0.5) is 0 Å². The third-order valence-corrected chi connectivity index (χ3v) is 3.83. The number of carbonyl (C=O) groups is 1. The van der Waals surface area contributed by atoms with Crippen molar-refractivity contribution in [1.29, 1.82) is 0 Å². The molecule has 0 aliphatic heterocycles. The molecule has 0 radical (unpaired) electrons. The molecule has 0 amide bonds. The van der Waals surface area contributed by atoms with Crippen molar-refractivity contribution >= 4 is 24.7 Å². The highest BCUT2D eigenvalue weighted by molar-refractivity contribution is 7.52. The minimum absolute atomic E-state index is 0.201. The zero-order chi connectivity index (χ0) is 11.5. The minimum Gasteiger partial charge on any atom is -0.324 e. The number of Topliss-reactive ketones (excluding diaryl/α,β-unsaturated/α-hetero) is 1. The Balaban J connectivity index is 2.42. The van der Waals surface area contributed by atoms with Crippen molar-refractivity contribution in [3.05, 3.63) is 21.9 Å². The zero-order valence-electron chi connectivity index (χ0n) is 8.34. The number of hydrogen-bond acceptors (Lipinski definition) is 3. The summed E-state index contributed by atoms with van der Waals surface area (Å²) in [6.45, 7) is 1.96. The molecule has 0 aliphatic carbocycles. The minimum atomic E-state index is -4.19. The van der Waals surface area contributed by atoms with Gasteiger partial charge in [0.2, 0.25) is 0 Å². The summed E-state index contributed by atoms with van der Waals surface area (Å²) in [5.74, 6) is -0.379. The first-order valence-corrected chi connectivity index (χ1v) is 7.15. The van der Waals surface area contributed by atoms with Crippen LogP contribution in [0.3, 0.4) is 0 Å². The maximum atomic E-state index is 11.2. The molecule has 0 bridgehead atoms. The van der Waals surface area contributed by atoms with Gasteiger partial charge in [0, 0.05) is 11.3 Å². The Kier molecular flexibility index (Phi) is 4.22. The van der Waals surface area contributed by atoms with Crippen LogP contribution in [0.2, 0.25) is 0 Å². The first-order chi connectivity index (χ1) is 6.88. The molecule has 6 heteroatoms. The standard InChI is InChI=1S/C9H13O4PS/c1-7-4-5-15-9(7)3-2-8(10)6-14(11,12)13/h4-5H,2-3,6H2,1H3,(H2,11,12,13). The highest BCUT2D eigenvalue weighted by Crippen LogP contribution is 2.34. The maximum absolute atomic E-state index is 11.2. The van der Waals surface area contributed by atoms with E-state index in [-0.39, 0.29) is 12.2 Å². The molecule has 0 aliphatic rings. The Morgan fingerprint density at radius 2 is 2.20 bits per heavy atom. The van der Waals surface area contributed by atoms with Gasteiger partial charge in [-0.25, -0.2) is 0 Å². The fourth-order valence-corrected chi connectivity index (χ4v) is 2.75. The monoisotopic (exact) mass is 248 g/mol. The first-order valence-electron chi connectivity index (χ1n) is 4.48. The Bertz CT molecular complexity index is 393. The maximum Gasteiger partial charge on any atom is 0.332 e. The van der Waals surface area contributed by atoms with Gasteiger partial charge in [0.1, 0.15) is 11.9 Å². The van der Waals surface area contributed by atoms with Gasteiger partial charge in [-0.3, -0.25) is 9.36 Å². The fraction of sp³-hybridized carbons (Fsp3) is 0.444. The smallest absolute Gasteiger partial charge is 0.324 e. The van der Waals surface area contributed by atoms with Crippen LogP contribution in [0.25, 0.3) is 0 Å². The predicted molar refractivity (Wildman–Crippen MR) is 59.3 cm³/mol. The van der Waals surface area contributed by atoms with Crippen molar-refractivity contribution in [2.45, 2.75) is 19.8 Å². The average molecular weight is 248 g/mol. The number of rotatable bonds is 5. The Morgan fingerprint density at radius 3 is 2.67 bits per heavy atom. The van der Waals surface area contributed by atoms with Crippen LogP contribution in [0, 0.1) is 6.92 Å². The molecule has 4 nitrogen and oxygen atoms in total. The third-order valence-electron chi connectivity index (χ3n) is 1.98. The average Bonchev–Trinajstić information content (AvgIpc) is 2.44. The Labute approximate surface area is 92.1 Å². The molecule has 1 aromatic rings. The van der Waals surface area contributed by atoms with Crippen LogP contribution in [-0.2, 0) is 15.8 Å². The van der Waals surface area contributed by atoms with Gasteiger partial charge in [-0.2, -0.15) is 0 Å². The van der Waals surface area contributed by atoms with Crippen LogP contribution < -0.4 is 0 Å². The molecular weight excluding hydrogens is 235 g/mol. The van der Waals surface area contributed by atoms with Gasteiger partial charge < -0.3 is 9.79 Å². The van der Waals surface area contributed by atoms with E-state index in [0.29, 0.717) is 6.42 Å². The highest BCUT2D eigenvalue weighted by atomic mass is 32.1. The zero-order valence-corrected chi connectivity index (χ0v) is 10.1. The van der Waals surface area contributed by atoms with Crippen LogP contribution >= 0.6 is 18.9 Å². The van der Waals surface area contributed by atoms with Gasteiger partial charge in [-0.15, -0.1) is 11.3 Å². The number of carbonyl (C=O) groups excluding carboxylic acids is 1. The first kappa shape index (κ1) is 12.6. The predicted octanol–water partition coefficient (Wildman–Crippen LogP) is 1.74. The van der Waals surface area contributed by atoms with Gasteiger partial charge in [-0.05, 0) is 30.4 Å². The molecule has 15 heavy (non-hydrogen) atoms. The molecule has 0 saturated heterocycles. The summed E-state index contributed by atoms with van der Waals surface area (Å²) in [5.41, 5.74) is 1.13. The number of aryl methyl sites for hydroxylation is 2. The number of hydrogen-bond donors (Lipinski definition) is 2. The molecule has 0 unspecified atom stereocenters. The molecule has 1 rings (SSSR count). The summed E-state index contributed by atoms with van der Waals surface area (Å²) >= 11 is 1.56. The molecule has 84 valence electrons. The molecule has 0 atom stereocenters. The summed E-state index contributed by atoms with van der Waals surface area (Å²) in [7, 11) is -4.19. The third kappa shape index (κ3) is 4.71. The number of thiophene rings is 1. The van der Waals surface area contributed by atoms with E-state index in [1.807, 2.05) is 18.4 Å². The van der Waals surface area contributed by atoms with Crippen molar-refractivity contribution in [2.75, 3.05) is 6.16 Å². The summed E-state index contributed by atoms with van der Waals surface area (Å²) in [4.78, 5) is 29.5. The summed E-state index contributed by atoms with van der Waals surface area (Å²) in [6, 6.07) is 1.97. The molecule has 0 saturated carbocycles. The molecule has 1 heterocycles. The van der Waals surface area contributed by atoms with E-state index >= 15 is 0 Å². The van der Waals surface area contributed by atoms with E-state index in [1.54, 1.807) is 11.3 Å². The van der Waals surface area contributed by atoms with Crippen molar-refractivity contribution in [2.24, 2.45) is 0 Å². The molecule has 1 aromatic heterocycles. The Hall–Kier alpha value is -0.480. The van der Waals surface area contributed by atoms with E-state index in [1.165, 1.54) is 0 Å².